The molecule has 3 aliphatic carbocycles. The van der Waals surface area contributed by atoms with Crippen molar-refractivity contribution in [2.24, 2.45) is 5.92 Å². The second-order valence-corrected chi connectivity index (χ2v) is 6.52. The SMILES string of the molecule is O=C(Oc1ccc(O)c2c1[C@@H]1CC[C@H]2C1)C1CCCC1. The summed E-state index contributed by atoms with van der Waals surface area (Å²) in [5.41, 5.74) is 2.17. The quantitative estimate of drug-likeness (QED) is 0.657. The van der Waals surface area contributed by atoms with Crippen LogP contribution in [0.25, 0.3) is 0 Å². The average Bonchev–Trinajstić information content (AvgIpc) is 3.18. The fourth-order valence-electron chi connectivity index (χ4n) is 4.40. The van der Waals surface area contributed by atoms with E-state index in [-0.39, 0.29) is 11.9 Å². The van der Waals surface area contributed by atoms with E-state index >= 15 is 0 Å². The molecule has 1 aromatic carbocycles. The van der Waals surface area contributed by atoms with Gasteiger partial charge >= 0.3 is 5.97 Å². The average molecular weight is 272 g/mol. The molecular weight excluding hydrogens is 252 g/mol. The van der Waals surface area contributed by atoms with Crippen molar-refractivity contribution >= 4 is 5.97 Å². The van der Waals surface area contributed by atoms with Crippen LogP contribution in [0.4, 0.5) is 0 Å². The number of aromatic hydroxyl groups is 1. The monoisotopic (exact) mass is 272 g/mol. The van der Waals surface area contributed by atoms with Gasteiger partial charge in [-0.2, -0.15) is 0 Å². The molecule has 0 heterocycles. The van der Waals surface area contributed by atoms with E-state index in [0.29, 0.717) is 23.3 Å². The van der Waals surface area contributed by atoms with Crippen molar-refractivity contribution < 1.29 is 14.6 Å². The number of esters is 1. The molecule has 20 heavy (non-hydrogen) atoms. The number of carbonyl (C=O) groups excluding carboxylic acids is 1. The zero-order valence-corrected chi connectivity index (χ0v) is 11.6. The zero-order chi connectivity index (χ0) is 13.7. The van der Waals surface area contributed by atoms with E-state index in [4.69, 9.17) is 4.74 Å². The van der Waals surface area contributed by atoms with Crippen LogP contribution in [0.2, 0.25) is 0 Å². The topological polar surface area (TPSA) is 46.5 Å². The molecule has 3 nitrogen and oxygen atoms in total. The van der Waals surface area contributed by atoms with Crippen molar-refractivity contribution in [3.8, 4) is 11.5 Å². The highest BCUT2D eigenvalue weighted by molar-refractivity contribution is 5.76. The normalized spacial score (nSPS) is 27.8. The smallest absolute Gasteiger partial charge is 0.314 e. The standard InChI is InChI=1S/C17H20O3/c18-13-7-8-14(20-17(19)10-3-1-2-4-10)16-12-6-5-11(9-12)15(13)16/h7-8,10-12,18H,1-6,9H2/t11-,12+/m0/s1. The van der Waals surface area contributed by atoms with E-state index in [1.165, 1.54) is 0 Å². The van der Waals surface area contributed by atoms with Gasteiger partial charge in [0.2, 0.25) is 0 Å². The summed E-state index contributed by atoms with van der Waals surface area (Å²) in [6.07, 6.45) is 7.63. The molecule has 106 valence electrons. The van der Waals surface area contributed by atoms with E-state index in [1.807, 2.05) is 0 Å². The molecule has 3 aliphatic rings. The molecule has 2 fully saturated rings. The van der Waals surface area contributed by atoms with Crippen LogP contribution in [-0.2, 0) is 4.79 Å². The van der Waals surface area contributed by atoms with Crippen molar-refractivity contribution in [3.63, 3.8) is 0 Å². The summed E-state index contributed by atoms with van der Waals surface area (Å²) in [4.78, 5) is 12.2. The minimum absolute atomic E-state index is 0.0711. The Morgan fingerprint density at radius 2 is 1.75 bits per heavy atom. The van der Waals surface area contributed by atoms with Crippen LogP contribution in [0, 0.1) is 5.92 Å². The van der Waals surface area contributed by atoms with E-state index in [0.717, 1.165) is 56.1 Å². The Morgan fingerprint density at radius 1 is 1.05 bits per heavy atom. The first-order valence-corrected chi connectivity index (χ1v) is 7.81. The molecule has 0 amide bonds. The van der Waals surface area contributed by atoms with Crippen molar-refractivity contribution in [1.82, 2.24) is 0 Å². The van der Waals surface area contributed by atoms with Crippen LogP contribution in [0.1, 0.15) is 67.9 Å². The highest BCUT2D eigenvalue weighted by Gasteiger charge is 2.41. The molecule has 0 radical (unpaired) electrons. The Balaban J connectivity index is 1.65. The summed E-state index contributed by atoms with van der Waals surface area (Å²) in [5, 5.41) is 10.1. The first-order valence-electron chi connectivity index (χ1n) is 7.81. The highest BCUT2D eigenvalue weighted by atomic mass is 16.5. The maximum absolute atomic E-state index is 12.2. The number of benzene rings is 1. The summed E-state index contributed by atoms with van der Waals surface area (Å²) >= 11 is 0. The highest BCUT2D eigenvalue weighted by Crippen LogP contribution is 2.58. The number of fused-ring (bicyclic) bond motifs is 5. The number of ether oxygens (including phenoxy) is 1. The number of phenols is 1. The third kappa shape index (κ3) is 1.75. The summed E-state index contributed by atoms with van der Waals surface area (Å²) < 4.78 is 5.70. The molecule has 0 aliphatic heterocycles. The van der Waals surface area contributed by atoms with Crippen LogP contribution in [-0.4, -0.2) is 11.1 Å². The van der Waals surface area contributed by atoms with Gasteiger partial charge in [0.25, 0.3) is 0 Å². The van der Waals surface area contributed by atoms with Crippen molar-refractivity contribution in [3.05, 3.63) is 23.3 Å². The van der Waals surface area contributed by atoms with Crippen molar-refractivity contribution in [2.75, 3.05) is 0 Å². The lowest BCUT2D eigenvalue weighted by Crippen LogP contribution is -2.19. The van der Waals surface area contributed by atoms with E-state index in [1.54, 1.807) is 12.1 Å². The third-order valence-electron chi connectivity index (χ3n) is 5.37. The van der Waals surface area contributed by atoms with Gasteiger partial charge in [0, 0.05) is 11.1 Å². The summed E-state index contributed by atoms with van der Waals surface area (Å²) in [6.45, 7) is 0. The Hall–Kier alpha value is -1.51. The number of hydrogen-bond donors (Lipinski definition) is 1. The lowest BCUT2D eigenvalue weighted by molar-refractivity contribution is -0.138. The Morgan fingerprint density at radius 3 is 2.50 bits per heavy atom. The lowest BCUT2D eigenvalue weighted by Gasteiger charge is -2.20. The Labute approximate surface area is 118 Å². The van der Waals surface area contributed by atoms with Crippen LogP contribution in [0.15, 0.2) is 12.1 Å². The van der Waals surface area contributed by atoms with Crippen molar-refractivity contribution in [2.45, 2.75) is 56.8 Å². The fourth-order valence-corrected chi connectivity index (χ4v) is 4.40. The zero-order valence-electron chi connectivity index (χ0n) is 11.6. The van der Waals surface area contributed by atoms with Crippen LogP contribution >= 0.6 is 0 Å². The van der Waals surface area contributed by atoms with Crippen molar-refractivity contribution in [1.29, 1.82) is 0 Å². The Kier molecular flexibility index (Phi) is 2.76. The maximum Gasteiger partial charge on any atom is 0.314 e. The van der Waals surface area contributed by atoms with Gasteiger partial charge in [-0.25, -0.2) is 0 Å². The van der Waals surface area contributed by atoms with E-state index in [2.05, 4.69) is 0 Å². The largest absolute Gasteiger partial charge is 0.508 e. The molecular formula is C17H20O3. The molecule has 4 rings (SSSR count). The van der Waals surface area contributed by atoms with E-state index in [9.17, 15) is 9.90 Å². The summed E-state index contributed by atoms with van der Waals surface area (Å²) in [7, 11) is 0. The summed E-state index contributed by atoms with van der Waals surface area (Å²) in [5.74, 6) is 2.06. The molecule has 0 spiro atoms. The molecule has 0 saturated heterocycles. The summed E-state index contributed by atoms with van der Waals surface area (Å²) in [6, 6.07) is 3.47. The molecule has 0 aromatic heterocycles. The van der Waals surface area contributed by atoms with Gasteiger partial charge in [0.15, 0.2) is 0 Å². The lowest BCUT2D eigenvalue weighted by atomic mass is 9.90. The molecule has 2 atom stereocenters. The third-order valence-corrected chi connectivity index (χ3v) is 5.37. The number of phenolic OH excluding ortho intramolecular Hbond substituents is 1. The Bertz CT molecular complexity index is 558. The molecule has 2 bridgehead atoms. The maximum atomic E-state index is 12.2. The van der Waals surface area contributed by atoms with Gasteiger partial charge in [-0.3, -0.25) is 4.79 Å². The fraction of sp³-hybridized carbons (Fsp3) is 0.588. The first-order chi connectivity index (χ1) is 9.74. The second-order valence-electron chi connectivity index (χ2n) is 6.52. The van der Waals surface area contributed by atoms with Gasteiger partial charge < -0.3 is 9.84 Å². The van der Waals surface area contributed by atoms with Gasteiger partial charge in [-0.1, -0.05) is 12.8 Å². The first kappa shape index (κ1) is 12.2. The van der Waals surface area contributed by atoms with Gasteiger partial charge in [-0.05, 0) is 56.1 Å². The predicted molar refractivity (Wildman–Crippen MR) is 75.0 cm³/mol. The molecule has 3 heteroatoms. The molecule has 0 unspecified atom stereocenters. The number of carbonyl (C=O) groups is 1. The second kappa shape index (κ2) is 4.51. The number of hydrogen-bond acceptors (Lipinski definition) is 3. The van der Waals surface area contributed by atoms with Crippen LogP contribution < -0.4 is 4.74 Å². The van der Waals surface area contributed by atoms with E-state index < -0.39 is 0 Å². The predicted octanol–water partition coefficient (Wildman–Crippen LogP) is 3.85. The van der Waals surface area contributed by atoms with Crippen LogP contribution in [0.5, 0.6) is 11.5 Å². The molecule has 1 aromatic rings. The minimum Gasteiger partial charge on any atom is -0.508 e. The van der Waals surface area contributed by atoms with Gasteiger partial charge in [-0.15, -0.1) is 0 Å². The minimum atomic E-state index is -0.0711. The van der Waals surface area contributed by atoms with Gasteiger partial charge in [0.05, 0.1) is 5.92 Å². The molecule has 1 N–H and O–H groups in total. The number of rotatable bonds is 2. The van der Waals surface area contributed by atoms with Gasteiger partial charge in [0.1, 0.15) is 11.5 Å². The van der Waals surface area contributed by atoms with Crippen LogP contribution in [0.3, 0.4) is 0 Å². The molecule has 2 saturated carbocycles.